The van der Waals surface area contributed by atoms with E-state index in [1.54, 1.807) is 0 Å². The Kier molecular flexibility index (Phi) is 4.59. The van der Waals surface area contributed by atoms with Gasteiger partial charge in [-0.25, -0.2) is 0 Å². The third-order valence-electron chi connectivity index (χ3n) is 5.43. The Morgan fingerprint density at radius 2 is 1.89 bits per heavy atom. The Morgan fingerprint density at radius 3 is 2.58 bits per heavy atom. The first kappa shape index (κ1) is 15.3. The molecule has 0 amide bonds. The number of nitrogens with zero attached hydrogens (tertiary/aromatic N) is 1. The molecule has 1 saturated heterocycles. The number of aliphatic hydroxyl groups is 1. The lowest BCUT2D eigenvalue weighted by Crippen LogP contribution is -2.44. The molecule has 1 heterocycles. The topological polar surface area (TPSA) is 35.5 Å². The molecule has 3 unspecified atom stereocenters. The van der Waals surface area contributed by atoms with Gasteiger partial charge in [-0.15, -0.1) is 0 Å². The third kappa shape index (κ3) is 3.71. The summed E-state index contributed by atoms with van der Waals surface area (Å²) in [6.45, 7) is 10.2. The van der Waals surface area contributed by atoms with E-state index in [1.807, 2.05) is 6.92 Å². The van der Waals surface area contributed by atoms with Gasteiger partial charge in [0.1, 0.15) is 0 Å². The van der Waals surface area contributed by atoms with Crippen molar-refractivity contribution < 1.29 is 5.11 Å². The molecule has 2 aliphatic rings. The summed E-state index contributed by atoms with van der Waals surface area (Å²) in [5.74, 6) is 0.767. The Morgan fingerprint density at radius 1 is 1.16 bits per heavy atom. The van der Waals surface area contributed by atoms with E-state index in [4.69, 9.17) is 0 Å². The molecule has 1 saturated carbocycles. The zero-order valence-electron chi connectivity index (χ0n) is 13.2. The molecule has 0 radical (unpaired) electrons. The van der Waals surface area contributed by atoms with Crippen molar-refractivity contribution in [2.24, 2.45) is 11.3 Å². The summed E-state index contributed by atoms with van der Waals surface area (Å²) in [5, 5.41) is 13.7. The summed E-state index contributed by atoms with van der Waals surface area (Å²) in [7, 11) is 2.11. The van der Waals surface area contributed by atoms with E-state index in [0.29, 0.717) is 11.5 Å². The lowest BCUT2D eigenvalue weighted by atomic mass is 9.85. The van der Waals surface area contributed by atoms with Crippen molar-refractivity contribution >= 4 is 0 Å². The van der Waals surface area contributed by atoms with Crippen LogP contribution in [0, 0.1) is 11.3 Å². The summed E-state index contributed by atoms with van der Waals surface area (Å²) >= 11 is 0. The summed E-state index contributed by atoms with van der Waals surface area (Å²) in [6, 6.07) is 0.635. The Bertz CT molecular complexity index is 301. The van der Waals surface area contributed by atoms with E-state index in [-0.39, 0.29) is 0 Å². The molecule has 0 aromatic carbocycles. The van der Waals surface area contributed by atoms with Gasteiger partial charge in [0, 0.05) is 19.1 Å². The first-order valence-corrected chi connectivity index (χ1v) is 7.96. The smallest absolute Gasteiger partial charge is 0.0632 e. The average Bonchev–Trinajstić information content (AvgIpc) is 2.48. The SMILES string of the molecule is CNC1C(CN2CCCC(C)(O)CC2)CCC1(C)C. The second kappa shape index (κ2) is 5.71. The number of likely N-dealkylation sites (tertiary alicyclic amines) is 1. The van der Waals surface area contributed by atoms with Crippen LogP contribution in [0.3, 0.4) is 0 Å². The maximum absolute atomic E-state index is 10.2. The molecule has 0 bridgehead atoms. The van der Waals surface area contributed by atoms with E-state index >= 15 is 0 Å². The largest absolute Gasteiger partial charge is 0.390 e. The third-order valence-corrected chi connectivity index (χ3v) is 5.43. The maximum atomic E-state index is 10.2. The molecule has 1 aliphatic heterocycles. The van der Waals surface area contributed by atoms with Crippen molar-refractivity contribution in [1.82, 2.24) is 10.2 Å². The van der Waals surface area contributed by atoms with Crippen molar-refractivity contribution in [2.75, 3.05) is 26.7 Å². The fourth-order valence-corrected chi connectivity index (χ4v) is 4.17. The van der Waals surface area contributed by atoms with Gasteiger partial charge in [-0.1, -0.05) is 13.8 Å². The molecule has 112 valence electrons. The zero-order chi connectivity index (χ0) is 14.1. The van der Waals surface area contributed by atoms with Crippen LogP contribution in [0.2, 0.25) is 0 Å². The van der Waals surface area contributed by atoms with Crippen LogP contribution in [0.1, 0.15) is 52.9 Å². The van der Waals surface area contributed by atoms with Crippen molar-refractivity contribution in [3.63, 3.8) is 0 Å². The van der Waals surface area contributed by atoms with Gasteiger partial charge in [-0.3, -0.25) is 0 Å². The van der Waals surface area contributed by atoms with E-state index in [2.05, 4.69) is 31.1 Å². The number of rotatable bonds is 3. The minimum absolute atomic E-state index is 0.427. The molecule has 2 rings (SSSR count). The zero-order valence-corrected chi connectivity index (χ0v) is 13.2. The Hall–Kier alpha value is -0.120. The summed E-state index contributed by atoms with van der Waals surface area (Å²) in [6.07, 6.45) is 5.68. The summed E-state index contributed by atoms with van der Waals surface area (Å²) in [5.41, 5.74) is -0.0110. The van der Waals surface area contributed by atoms with E-state index in [0.717, 1.165) is 38.3 Å². The highest BCUT2D eigenvalue weighted by molar-refractivity contribution is 4.96. The first-order valence-electron chi connectivity index (χ1n) is 7.96. The van der Waals surface area contributed by atoms with Gasteiger partial charge in [0.25, 0.3) is 0 Å². The minimum Gasteiger partial charge on any atom is -0.390 e. The number of hydrogen-bond acceptors (Lipinski definition) is 3. The molecule has 2 fully saturated rings. The molecule has 3 atom stereocenters. The van der Waals surface area contributed by atoms with Crippen LogP contribution in [0.5, 0.6) is 0 Å². The predicted octanol–water partition coefficient (Wildman–Crippen LogP) is 2.25. The summed E-state index contributed by atoms with van der Waals surface area (Å²) in [4.78, 5) is 2.58. The average molecular weight is 268 g/mol. The number of hydrogen-bond donors (Lipinski definition) is 2. The number of nitrogens with one attached hydrogen (secondary N) is 1. The molecule has 0 aromatic heterocycles. The van der Waals surface area contributed by atoms with E-state index in [9.17, 15) is 5.11 Å². The molecule has 0 aromatic rings. The lowest BCUT2D eigenvalue weighted by Gasteiger charge is -2.33. The monoisotopic (exact) mass is 268 g/mol. The van der Waals surface area contributed by atoms with E-state index in [1.165, 1.54) is 19.4 Å². The van der Waals surface area contributed by atoms with Crippen LogP contribution in [-0.2, 0) is 0 Å². The minimum atomic E-state index is -0.438. The van der Waals surface area contributed by atoms with Crippen LogP contribution < -0.4 is 5.32 Å². The van der Waals surface area contributed by atoms with Crippen LogP contribution >= 0.6 is 0 Å². The van der Waals surface area contributed by atoms with Crippen molar-refractivity contribution in [1.29, 1.82) is 0 Å². The Labute approximate surface area is 118 Å². The molecule has 1 aliphatic carbocycles. The fraction of sp³-hybridized carbons (Fsp3) is 1.00. The van der Waals surface area contributed by atoms with E-state index < -0.39 is 5.60 Å². The van der Waals surface area contributed by atoms with Crippen molar-refractivity contribution in [2.45, 2.75) is 64.5 Å². The highest BCUT2D eigenvalue weighted by Gasteiger charge is 2.41. The highest BCUT2D eigenvalue weighted by atomic mass is 16.3. The van der Waals surface area contributed by atoms with Gasteiger partial charge in [0.2, 0.25) is 0 Å². The van der Waals surface area contributed by atoms with Crippen molar-refractivity contribution in [3.8, 4) is 0 Å². The standard InChI is InChI=1S/C16H32N2O/c1-15(2)8-6-13(14(15)17-4)12-18-10-5-7-16(3,19)9-11-18/h13-14,17,19H,5-12H2,1-4H3. The van der Waals surface area contributed by atoms with Gasteiger partial charge >= 0.3 is 0 Å². The second-order valence-electron chi connectivity index (χ2n) is 7.70. The molecular formula is C16H32N2O. The van der Waals surface area contributed by atoms with Crippen LogP contribution in [0.15, 0.2) is 0 Å². The second-order valence-corrected chi connectivity index (χ2v) is 7.70. The molecule has 2 N–H and O–H groups in total. The Balaban J connectivity index is 1.91. The molecular weight excluding hydrogens is 236 g/mol. The van der Waals surface area contributed by atoms with Gasteiger partial charge in [0.15, 0.2) is 0 Å². The normalized spacial score (nSPS) is 40.3. The predicted molar refractivity (Wildman–Crippen MR) is 80.3 cm³/mol. The fourth-order valence-electron chi connectivity index (χ4n) is 4.17. The maximum Gasteiger partial charge on any atom is 0.0632 e. The molecule has 0 spiro atoms. The van der Waals surface area contributed by atoms with Gasteiger partial charge in [-0.2, -0.15) is 0 Å². The first-order chi connectivity index (χ1) is 8.84. The summed E-state index contributed by atoms with van der Waals surface area (Å²) < 4.78 is 0. The van der Waals surface area contributed by atoms with Gasteiger partial charge in [-0.05, 0) is 64.0 Å². The van der Waals surface area contributed by atoms with Crippen molar-refractivity contribution in [3.05, 3.63) is 0 Å². The molecule has 19 heavy (non-hydrogen) atoms. The molecule has 3 heteroatoms. The van der Waals surface area contributed by atoms with Crippen LogP contribution in [0.4, 0.5) is 0 Å². The van der Waals surface area contributed by atoms with Gasteiger partial charge in [0.05, 0.1) is 5.60 Å². The van der Waals surface area contributed by atoms with Crippen LogP contribution in [0.25, 0.3) is 0 Å². The quantitative estimate of drug-likeness (QED) is 0.824. The highest BCUT2D eigenvalue weighted by Crippen LogP contribution is 2.41. The van der Waals surface area contributed by atoms with Gasteiger partial charge < -0.3 is 15.3 Å². The van der Waals surface area contributed by atoms with Crippen LogP contribution in [-0.4, -0.2) is 48.3 Å². The lowest BCUT2D eigenvalue weighted by molar-refractivity contribution is 0.0439. The molecule has 3 nitrogen and oxygen atoms in total.